The van der Waals surface area contributed by atoms with Crippen LogP contribution in [0.15, 0.2) is 24.3 Å². The Hall–Kier alpha value is -1.91. The third-order valence-electron chi connectivity index (χ3n) is 3.64. The highest BCUT2D eigenvalue weighted by atomic mass is 16.6. The maximum Gasteiger partial charge on any atom is 0.269 e. The van der Waals surface area contributed by atoms with E-state index in [4.69, 9.17) is 0 Å². The molecule has 1 saturated heterocycles. The minimum Gasteiger partial charge on any atom is -0.342 e. The maximum atomic E-state index is 12.1. The summed E-state index contributed by atoms with van der Waals surface area (Å²) in [6.45, 7) is 3.86. The second kappa shape index (κ2) is 5.82. The summed E-state index contributed by atoms with van der Waals surface area (Å²) in [6, 6.07) is 6.20. The van der Waals surface area contributed by atoms with Crippen molar-refractivity contribution in [3.8, 4) is 0 Å². The molecule has 0 radical (unpaired) electrons. The number of nitro benzene ring substituents is 1. The van der Waals surface area contributed by atoms with Gasteiger partial charge >= 0.3 is 0 Å². The Morgan fingerprint density at radius 2 is 1.89 bits per heavy atom. The van der Waals surface area contributed by atoms with E-state index < -0.39 is 4.92 Å². The minimum absolute atomic E-state index is 0.0583. The molecule has 1 aromatic rings. The number of likely N-dealkylation sites (tertiary alicyclic amines) is 1. The molecule has 1 amide bonds. The molecule has 1 heterocycles. The SMILES string of the molecule is CC1CCN(C(=O)Cc2ccc([N+](=O)[O-])cc2)CC1. The fraction of sp³-hybridized carbons (Fsp3) is 0.500. The summed E-state index contributed by atoms with van der Waals surface area (Å²) in [4.78, 5) is 24.1. The zero-order valence-electron chi connectivity index (χ0n) is 11.0. The highest BCUT2D eigenvalue weighted by Crippen LogP contribution is 2.18. The van der Waals surface area contributed by atoms with E-state index in [0.29, 0.717) is 12.3 Å². The van der Waals surface area contributed by atoms with E-state index in [0.717, 1.165) is 31.5 Å². The summed E-state index contributed by atoms with van der Waals surface area (Å²) >= 11 is 0. The lowest BCUT2D eigenvalue weighted by molar-refractivity contribution is -0.384. The van der Waals surface area contributed by atoms with Gasteiger partial charge in [0, 0.05) is 25.2 Å². The fourth-order valence-electron chi connectivity index (χ4n) is 2.28. The summed E-state index contributed by atoms with van der Waals surface area (Å²) in [7, 11) is 0. The summed E-state index contributed by atoms with van der Waals surface area (Å²) in [5.74, 6) is 0.809. The number of benzene rings is 1. The second-order valence-electron chi connectivity index (χ2n) is 5.16. The van der Waals surface area contributed by atoms with Crippen LogP contribution >= 0.6 is 0 Å². The van der Waals surface area contributed by atoms with Crippen LogP contribution in [-0.2, 0) is 11.2 Å². The van der Waals surface area contributed by atoms with Gasteiger partial charge in [0.25, 0.3) is 5.69 Å². The molecule has 0 N–H and O–H groups in total. The van der Waals surface area contributed by atoms with Crippen molar-refractivity contribution in [1.29, 1.82) is 0 Å². The number of amides is 1. The summed E-state index contributed by atoms with van der Waals surface area (Å²) in [5, 5.41) is 10.5. The van der Waals surface area contributed by atoms with Crippen molar-refractivity contribution in [3.63, 3.8) is 0 Å². The lowest BCUT2D eigenvalue weighted by Crippen LogP contribution is -2.38. The van der Waals surface area contributed by atoms with Gasteiger partial charge in [-0.1, -0.05) is 19.1 Å². The van der Waals surface area contributed by atoms with E-state index in [9.17, 15) is 14.9 Å². The van der Waals surface area contributed by atoms with Crippen LogP contribution in [0.25, 0.3) is 0 Å². The Balaban J connectivity index is 1.93. The number of hydrogen-bond donors (Lipinski definition) is 0. The number of piperidine rings is 1. The zero-order valence-corrected chi connectivity index (χ0v) is 11.0. The summed E-state index contributed by atoms with van der Waals surface area (Å²) in [6.07, 6.45) is 2.45. The van der Waals surface area contributed by atoms with Gasteiger partial charge in [-0.3, -0.25) is 14.9 Å². The van der Waals surface area contributed by atoms with Crippen LogP contribution < -0.4 is 0 Å². The smallest absolute Gasteiger partial charge is 0.269 e. The topological polar surface area (TPSA) is 63.5 Å². The van der Waals surface area contributed by atoms with Gasteiger partial charge in [0.1, 0.15) is 0 Å². The van der Waals surface area contributed by atoms with Crippen molar-refractivity contribution in [2.75, 3.05) is 13.1 Å². The van der Waals surface area contributed by atoms with Crippen LogP contribution in [0.5, 0.6) is 0 Å². The first-order valence-corrected chi connectivity index (χ1v) is 6.57. The van der Waals surface area contributed by atoms with Crippen LogP contribution in [0, 0.1) is 16.0 Å². The maximum absolute atomic E-state index is 12.1. The van der Waals surface area contributed by atoms with Crippen molar-refractivity contribution in [1.82, 2.24) is 4.90 Å². The molecule has 0 aliphatic carbocycles. The molecule has 0 bridgehead atoms. The Bertz CT molecular complexity index is 462. The summed E-state index contributed by atoms with van der Waals surface area (Å²) in [5.41, 5.74) is 0.886. The van der Waals surface area contributed by atoms with Crippen LogP contribution in [0.2, 0.25) is 0 Å². The minimum atomic E-state index is -0.433. The molecule has 1 aliphatic rings. The number of nitro groups is 1. The van der Waals surface area contributed by atoms with Crippen LogP contribution in [0.3, 0.4) is 0 Å². The zero-order chi connectivity index (χ0) is 13.8. The normalized spacial score (nSPS) is 16.4. The van der Waals surface area contributed by atoms with Gasteiger partial charge in [0.05, 0.1) is 11.3 Å². The largest absolute Gasteiger partial charge is 0.342 e. The van der Waals surface area contributed by atoms with Crippen molar-refractivity contribution in [3.05, 3.63) is 39.9 Å². The number of hydrogen-bond acceptors (Lipinski definition) is 3. The van der Waals surface area contributed by atoms with Crippen molar-refractivity contribution < 1.29 is 9.72 Å². The highest BCUT2D eigenvalue weighted by molar-refractivity contribution is 5.78. The number of rotatable bonds is 3. The Labute approximate surface area is 112 Å². The van der Waals surface area contributed by atoms with Crippen LogP contribution in [0.1, 0.15) is 25.3 Å². The molecule has 1 aliphatic heterocycles. The molecule has 0 aromatic heterocycles. The molecule has 2 rings (SSSR count). The number of nitrogens with zero attached hydrogens (tertiary/aromatic N) is 2. The third kappa shape index (κ3) is 3.53. The first-order valence-electron chi connectivity index (χ1n) is 6.57. The molecule has 5 heteroatoms. The lowest BCUT2D eigenvalue weighted by atomic mass is 9.98. The van der Waals surface area contributed by atoms with E-state index in [1.807, 2.05) is 4.90 Å². The molecule has 0 atom stereocenters. The predicted molar refractivity (Wildman–Crippen MR) is 71.8 cm³/mol. The predicted octanol–water partition coefficient (Wildman–Crippen LogP) is 2.40. The van der Waals surface area contributed by atoms with Crippen LogP contribution in [0.4, 0.5) is 5.69 Å². The summed E-state index contributed by atoms with van der Waals surface area (Å²) < 4.78 is 0. The second-order valence-corrected chi connectivity index (χ2v) is 5.16. The molecule has 1 fully saturated rings. The molecule has 1 aromatic carbocycles. The molecule has 5 nitrogen and oxygen atoms in total. The highest BCUT2D eigenvalue weighted by Gasteiger charge is 2.20. The molecule has 102 valence electrons. The van der Waals surface area contributed by atoms with Gasteiger partial charge in [-0.05, 0) is 24.3 Å². The van der Waals surface area contributed by atoms with Gasteiger partial charge < -0.3 is 4.90 Å². The van der Waals surface area contributed by atoms with Crippen molar-refractivity contribution in [2.24, 2.45) is 5.92 Å². The van der Waals surface area contributed by atoms with Gasteiger partial charge in [0.2, 0.25) is 5.91 Å². The standard InChI is InChI=1S/C14H18N2O3/c1-11-6-8-15(9-7-11)14(17)10-12-2-4-13(5-3-12)16(18)19/h2-5,11H,6-10H2,1H3. The van der Waals surface area contributed by atoms with Gasteiger partial charge in [-0.2, -0.15) is 0 Å². The average molecular weight is 262 g/mol. The third-order valence-corrected chi connectivity index (χ3v) is 3.64. The monoisotopic (exact) mass is 262 g/mol. The van der Waals surface area contributed by atoms with E-state index in [1.165, 1.54) is 12.1 Å². The first-order chi connectivity index (χ1) is 9.06. The van der Waals surface area contributed by atoms with E-state index >= 15 is 0 Å². The van der Waals surface area contributed by atoms with Gasteiger partial charge in [-0.25, -0.2) is 0 Å². The molecule has 0 unspecified atom stereocenters. The van der Waals surface area contributed by atoms with Crippen molar-refractivity contribution in [2.45, 2.75) is 26.2 Å². The Kier molecular flexibility index (Phi) is 4.14. The van der Waals surface area contributed by atoms with Crippen molar-refractivity contribution >= 4 is 11.6 Å². The Morgan fingerprint density at radius 1 is 1.32 bits per heavy atom. The quantitative estimate of drug-likeness (QED) is 0.620. The molecular formula is C14H18N2O3. The number of carbonyl (C=O) groups is 1. The fourth-order valence-corrected chi connectivity index (χ4v) is 2.28. The molecule has 19 heavy (non-hydrogen) atoms. The lowest BCUT2D eigenvalue weighted by Gasteiger charge is -2.30. The molecule has 0 spiro atoms. The van der Waals surface area contributed by atoms with Crippen LogP contribution in [-0.4, -0.2) is 28.8 Å². The average Bonchev–Trinajstić information content (AvgIpc) is 2.40. The van der Waals surface area contributed by atoms with Gasteiger partial charge in [-0.15, -0.1) is 0 Å². The number of non-ortho nitro benzene ring substituents is 1. The van der Waals surface area contributed by atoms with E-state index in [1.54, 1.807) is 12.1 Å². The first kappa shape index (κ1) is 13.5. The molecular weight excluding hydrogens is 244 g/mol. The van der Waals surface area contributed by atoms with E-state index in [-0.39, 0.29) is 11.6 Å². The van der Waals surface area contributed by atoms with Gasteiger partial charge in [0.15, 0.2) is 0 Å². The molecule has 0 saturated carbocycles. The Morgan fingerprint density at radius 3 is 2.42 bits per heavy atom. The number of carbonyl (C=O) groups excluding carboxylic acids is 1. The van der Waals surface area contributed by atoms with E-state index in [2.05, 4.69) is 6.92 Å².